The van der Waals surface area contributed by atoms with E-state index in [1.165, 1.54) is 12.1 Å². The van der Waals surface area contributed by atoms with Crippen LogP contribution < -0.4 is 5.32 Å². The Kier molecular flexibility index (Phi) is 2.39. The van der Waals surface area contributed by atoms with E-state index in [2.05, 4.69) is 5.32 Å². The van der Waals surface area contributed by atoms with Crippen molar-refractivity contribution in [2.75, 3.05) is 5.32 Å². The number of amides is 1. The summed E-state index contributed by atoms with van der Waals surface area (Å²) in [5.41, 5.74) is 0.341. The highest BCUT2D eigenvalue weighted by Crippen LogP contribution is 2.45. The Morgan fingerprint density at radius 2 is 2.25 bits per heavy atom. The van der Waals surface area contributed by atoms with Gasteiger partial charge in [-0.3, -0.25) is 4.79 Å². The van der Waals surface area contributed by atoms with Gasteiger partial charge < -0.3 is 5.32 Å². The lowest BCUT2D eigenvalue weighted by Crippen LogP contribution is -2.23. The molecule has 82 valence electrons. The summed E-state index contributed by atoms with van der Waals surface area (Å²) in [7, 11) is 0. The number of carbonyl (C=O) groups excluding carboxylic acids is 1. The summed E-state index contributed by atoms with van der Waals surface area (Å²) in [4.78, 5) is 11.7. The van der Waals surface area contributed by atoms with Crippen molar-refractivity contribution < 1.29 is 9.18 Å². The molecule has 0 aliphatic heterocycles. The van der Waals surface area contributed by atoms with Gasteiger partial charge in [-0.05, 0) is 37.5 Å². The number of hydrogen-bond donors (Lipinski definition) is 1. The standard InChI is InChI=1S/C12H11FN2O/c1-8-2-3-9(13)6-10(8)15-11(16)12(7-14)4-5-12/h2-3,6H,4-5H2,1H3,(H,15,16). The van der Waals surface area contributed by atoms with Gasteiger partial charge in [0.2, 0.25) is 5.91 Å². The van der Waals surface area contributed by atoms with Gasteiger partial charge in [0.25, 0.3) is 0 Å². The Balaban J connectivity index is 2.19. The number of carbonyl (C=O) groups is 1. The van der Waals surface area contributed by atoms with Crippen LogP contribution in [0.3, 0.4) is 0 Å². The average molecular weight is 218 g/mol. The maximum absolute atomic E-state index is 13.0. The molecule has 0 atom stereocenters. The van der Waals surface area contributed by atoms with Crippen molar-refractivity contribution in [3.05, 3.63) is 29.6 Å². The minimum Gasteiger partial charge on any atom is -0.324 e. The topological polar surface area (TPSA) is 52.9 Å². The molecule has 1 N–H and O–H groups in total. The number of rotatable bonds is 2. The summed E-state index contributed by atoms with van der Waals surface area (Å²) in [6, 6.07) is 6.19. The van der Waals surface area contributed by atoms with Crippen LogP contribution in [0.25, 0.3) is 0 Å². The fraction of sp³-hybridized carbons (Fsp3) is 0.333. The Hall–Kier alpha value is -1.89. The number of benzene rings is 1. The molecule has 0 heterocycles. The highest BCUT2D eigenvalue weighted by atomic mass is 19.1. The molecule has 0 aromatic heterocycles. The molecule has 0 radical (unpaired) electrons. The first-order valence-corrected chi connectivity index (χ1v) is 5.06. The molecule has 16 heavy (non-hydrogen) atoms. The van der Waals surface area contributed by atoms with E-state index in [0.717, 1.165) is 5.56 Å². The summed E-state index contributed by atoms with van der Waals surface area (Å²) in [5.74, 6) is -0.730. The fourth-order valence-corrected chi connectivity index (χ4v) is 1.49. The lowest BCUT2D eigenvalue weighted by Gasteiger charge is -2.10. The third kappa shape index (κ3) is 1.76. The first kappa shape index (κ1) is 10.6. The molecule has 1 fully saturated rings. The van der Waals surface area contributed by atoms with Crippen LogP contribution in [-0.2, 0) is 4.79 Å². The van der Waals surface area contributed by atoms with Gasteiger partial charge in [-0.1, -0.05) is 6.07 Å². The molecule has 2 rings (SSSR count). The fourth-order valence-electron chi connectivity index (χ4n) is 1.49. The van der Waals surface area contributed by atoms with Gasteiger partial charge >= 0.3 is 0 Å². The van der Waals surface area contributed by atoms with Crippen LogP contribution in [0.2, 0.25) is 0 Å². The smallest absolute Gasteiger partial charge is 0.244 e. The second-order valence-corrected chi connectivity index (χ2v) is 4.11. The quantitative estimate of drug-likeness (QED) is 0.828. The molecule has 1 aliphatic rings. The van der Waals surface area contributed by atoms with E-state index < -0.39 is 11.2 Å². The largest absolute Gasteiger partial charge is 0.324 e. The highest BCUT2D eigenvalue weighted by molar-refractivity contribution is 5.99. The van der Waals surface area contributed by atoms with Gasteiger partial charge in [0.05, 0.1) is 6.07 Å². The number of nitrogens with zero attached hydrogens (tertiary/aromatic N) is 1. The summed E-state index contributed by atoms with van der Waals surface area (Å²) in [6.07, 6.45) is 1.17. The number of aryl methyl sites for hydroxylation is 1. The van der Waals surface area contributed by atoms with Gasteiger partial charge in [-0.15, -0.1) is 0 Å². The van der Waals surface area contributed by atoms with Crippen molar-refractivity contribution in [2.24, 2.45) is 5.41 Å². The summed E-state index contributed by atoms with van der Waals surface area (Å²) >= 11 is 0. The van der Waals surface area contributed by atoms with Gasteiger partial charge in [-0.2, -0.15) is 5.26 Å². The predicted molar refractivity (Wildman–Crippen MR) is 57.0 cm³/mol. The third-order valence-corrected chi connectivity index (χ3v) is 2.85. The van der Waals surface area contributed by atoms with Gasteiger partial charge in [0.1, 0.15) is 11.2 Å². The van der Waals surface area contributed by atoms with Gasteiger partial charge in [-0.25, -0.2) is 4.39 Å². The zero-order valence-corrected chi connectivity index (χ0v) is 8.88. The van der Waals surface area contributed by atoms with Crippen LogP contribution in [-0.4, -0.2) is 5.91 Å². The third-order valence-electron chi connectivity index (χ3n) is 2.85. The van der Waals surface area contributed by atoms with E-state index in [9.17, 15) is 9.18 Å². The predicted octanol–water partition coefficient (Wildman–Crippen LogP) is 2.38. The van der Waals surface area contributed by atoms with Crippen molar-refractivity contribution in [1.29, 1.82) is 5.26 Å². The van der Waals surface area contributed by atoms with E-state index >= 15 is 0 Å². The number of nitrogens with one attached hydrogen (secondary N) is 1. The molecule has 4 heteroatoms. The minimum absolute atomic E-state index is 0.330. The van der Waals surface area contributed by atoms with E-state index in [1.54, 1.807) is 13.0 Å². The van der Waals surface area contributed by atoms with Crippen LogP contribution in [0.15, 0.2) is 18.2 Å². The molecule has 1 aromatic carbocycles. The Morgan fingerprint density at radius 1 is 1.56 bits per heavy atom. The Bertz CT molecular complexity index is 486. The van der Waals surface area contributed by atoms with Crippen LogP contribution >= 0.6 is 0 Å². The zero-order chi connectivity index (χ0) is 11.8. The molecule has 3 nitrogen and oxygen atoms in total. The minimum atomic E-state index is -0.876. The van der Waals surface area contributed by atoms with E-state index in [0.29, 0.717) is 18.5 Å². The SMILES string of the molecule is Cc1ccc(F)cc1NC(=O)C1(C#N)CC1. The second-order valence-electron chi connectivity index (χ2n) is 4.11. The number of halogens is 1. The van der Waals surface area contributed by atoms with Crippen molar-refractivity contribution >= 4 is 11.6 Å². The van der Waals surface area contributed by atoms with E-state index in [4.69, 9.17) is 5.26 Å². The van der Waals surface area contributed by atoms with Crippen LogP contribution in [0.4, 0.5) is 10.1 Å². The number of anilines is 1. The molecule has 1 saturated carbocycles. The van der Waals surface area contributed by atoms with Crippen LogP contribution in [0.5, 0.6) is 0 Å². The molecule has 1 aliphatic carbocycles. The van der Waals surface area contributed by atoms with Crippen molar-refractivity contribution in [3.8, 4) is 6.07 Å². The molecular weight excluding hydrogens is 207 g/mol. The molecule has 0 saturated heterocycles. The van der Waals surface area contributed by atoms with Gasteiger partial charge in [0.15, 0.2) is 0 Å². The number of hydrogen-bond acceptors (Lipinski definition) is 2. The molecular formula is C12H11FN2O. The molecule has 0 unspecified atom stereocenters. The highest BCUT2D eigenvalue weighted by Gasteiger charge is 2.50. The monoisotopic (exact) mass is 218 g/mol. The average Bonchev–Trinajstić information content (AvgIpc) is 3.04. The van der Waals surface area contributed by atoms with Crippen LogP contribution in [0.1, 0.15) is 18.4 Å². The maximum Gasteiger partial charge on any atom is 0.244 e. The van der Waals surface area contributed by atoms with E-state index in [-0.39, 0.29) is 5.91 Å². The zero-order valence-electron chi connectivity index (χ0n) is 8.88. The Labute approximate surface area is 92.9 Å². The van der Waals surface area contributed by atoms with Gasteiger partial charge in [0, 0.05) is 5.69 Å². The Morgan fingerprint density at radius 3 is 2.81 bits per heavy atom. The van der Waals surface area contributed by atoms with Crippen molar-refractivity contribution in [1.82, 2.24) is 0 Å². The molecule has 0 spiro atoms. The first-order valence-electron chi connectivity index (χ1n) is 5.06. The second kappa shape index (κ2) is 3.60. The summed E-state index contributed by atoms with van der Waals surface area (Å²) < 4.78 is 13.0. The first-order chi connectivity index (χ1) is 7.57. The van der Waals surface area contributed by atoms with Crippen molar-refractivity contribution in [2.45, 2.75) is 19.8 Å². The summed E-state index contributed by atoms with van der Waals surface area (Å²) in [6.45, 7) is 1.78. The normalized spacial score (nSPS) is 16.3. The summed E-state index contributed by atoms with van der Waals surface area (Å²) in [5, 5.41) is 11.4. The molecule has 0 bridgehead atoms. The lowest BCUT2D eigenvalue weighted by molar-refractivity contribution is -0.119. The molecule has 1 aromatic rings. The van der Waals surface area contributed by atoms with Crippen LogP contribution in [0, 0.1) is 29.5 Å². The van der Waals surface area contributed by atoms with E-state index in [1.807, 2.05) is 6.07 Å². The number of nitriles is 1. The maximum atomic E-state index is 13.0. The molecule has 1 amide bonds. The van der Waals surface area contributed by atoms with Crippen molar-refractivity contribution in [3.63, 3.8) is 0 Å². The lowest BCUT2D eigenvalue weighted by atomic mass is 10.1.